The number of amides is 1. The fourth-order valence-corrected chi connectivity index (χ4v) is 2.57. The standard InChI is InChI=1S/C18H17ClN4O/c1-12(18(24)20-10-13-6-2-4-8-15(13)19)23-17-14-7-3-5-9-16(14)21-11-22-17/h2-9,11-12H,10H2,1H3,(H,20,24)(H,21,22,23). The SMILES string of the molecule is CC(Nc1ncnc2ccccc12)C(=O)NCc1ccccc1Cl. The van der Waals surface area contributed by atoms with Crippen LogP contribution in [-0.4, -0.2) is 21.9 Å². The third kappa shape index (κ3) is 3.63. The van der Waals surface area contributed by atoms with Gasteiger partial charge in [-0.25, -0.2) is 9.97 Å². The van der Waals surface area contributed by atoms with E-state index in [1.165, 1.54) is 6.33 Å². The molecule has 0 aliphatic heterocycles. The van der Waals surface area contributed by atoms with Crippen molar-refractivity contribution in [2.75, 3.05) is 5.32 Å². The third-order valence-corrected chi connectivity index (χ3v) is 4.07. The molecule has 0 saturated carbocycles. The molecule has 3 aromatic rings. The number of hydrogen-bond acceptors (Lipinski definition) is 4. The first-order valence-corrected chi connectivity index (χ1v) is 8.00. The number of halogens is 1. The molecule has 1 atom stereocenters. The number of nitrogens with zero attached hydrogens (tertiary/aromatic N) is 2. The minimum absolute atomic E-state index is 0.127. The molecular weight excluding hydrogens is 324 g/mol. The average molecular weight is 341 g/mol. The molecule has 24 heavy (non-hydrogen) atoms. The average Bonchev–Trinajstić information content (AvgIpc) is 2.61. The fraction of sp³-hybridized carbons (Fsp3) is 0.167. The van der Waals surface area contributed by atoms with Gasteiger partial charge in [0, 0.05) is 17.0 Å². The van der Waals surface area contributed by atoms with E-state index in [-0.39, 0.29) is 5.91 Å². The number of para-hydroxylation sites is 1. The third-order valence-electron chi connectivity index (χ3n) is 3.70. The Hall–Kier alpha value is -2.66. The van der Waals surface area contributed by atoms with Crippen LogP contribution in [0.1, 0.15) is 12.5 Å². The summed E-state index contributed by atoms with van der Waals surface area (Å²) in [6, 6.07) is 14.7. The number of aromatic nitrogens is 2. The van der Waals surface area contributed by atoms with E-state index in [2.05, 4.69) is 20.6 Å². The van der Waals surface area contributed by atoms with E-state index < -0.39 is 6.04 Å². The van der Waals surface area contributed by atoms with Gasteiger partial charge in [-0.15, -0.1) is 0 Å². The molecule has 1 aromatic heterocycles. The van der Waals surface area contributed by atoms with E-state index in [4.69, 9.17) is 11.6 Å². The highest BCUT2D eigenvalue weighted by Crippen LogP contribution is 2.19. The summed E-state index contributed by atoms with van der Waals surface area (Å²) >= 11 is 6.10. The van der Waals surface area contributed by atoms with Gasteiger partial charge in [0.25, 0.3) is 0 Å². The zero-order valence-corrected chi connectivity index (χ0v) is 13.9. The van der Waals surface area contributed by atoms with Gasteiger partial charge in [-0.2, -0.15) is 0 Å². The summed E-state index contributed by atoms with van der Waals surface area (Å²) in [5, 5.41) is 7.54. The Balaban J connectivity index is 1.67. The van der Waals surface area contributed by atoms with Crippen LogP contribution < -0.4 is 10.6 Å². The monoisotopic (exact) mass is 340 g/mol. The van der Waals surface area contributed by atoms with Crippen molar-refractivity contribution in [1.82, 2.24) is 15.3 Å². The van der Waals surface area contributed by atoms with Crippen LogP contribution in [0, 0.1) is 0 Å². The van der Waals surface area contributed by atoms with Crippen LogP contribution in [0.5, 0.6) is 0 Å². The molecule has 3 rings (SSSR count). The van der Waals surface area contributed by atoms with Crippen molar-refractivity contribution in [2.24, 2.45) is 0 Å². The minimum Gasteiger partial charge on any atom is -0.358 e. The van der Waals surface area contributed by atoms with Crippen LogP contribution in [0.4, 0.5) is 5.82 Å². The Labute approximate surface area is 145 Å². The van der Waals surface area contributed by atoms with Gasteiger partial charge in [0.05, 0.1) is 5.52 Å². The van der Waals surface area contributed by atoms with E-state index >= 15 is 0 Å². The van der Waals surface area contributed by atoms with E-state index in [0.29, 0.717) is 17.4 Å². The zero-order chi connectivity index (χ0) is 16.9. The van der Waals surface area contributed by atoms with Crippen molar-refractivity contribution < 1.29 is 4.79 Å². The maximum Gasteiger partial charge on any atom is 0.242 e. The van der Waals surface area contributed by atoms with E-state index in [1.54, 1.807) is 13.0 Å². The molecule has 1 unspecified atom stereocenters. The van der Waals surface area contributed by atoms with Crippen LogP contribution in [0.2, 0.25) is 5.02 Å². The summed E-state index contributed by atoms with van der Waals surface area (Å²) in [6.07, 6.45) is 1.49. The number of hydrogen-bond donors (Lipinski definition) is 2. The zero-order valence-electron chi connectivity index (χ0n) is 13.2. The van der Waals surface area contributed by atoms with Crippen LogP contribution in [0.25, 0.3) is 10.9 Å². The van der Waals surface area contributed by atoms with Crippen LogP contribution >= 0.6 is 11.6 Å². The molecule has 2 aromatic carbocycles. The van der Waals surface area contributed by atoms with Gasteiger partial charge in [0.15, 0.2) is 0 Å². The number of rotatable bonds is 5. The van der Waals surface area contributed by atoms with Crippen LogP contribution in [0.15, 0.2) is 54.9 Å². The lowest BCUT2D eigenvalue weighted by molar-refractivity contribution is -0.121. The smallest absolute Gasteiger partial charge is 0.242 e. The highest BCUT2D eigenvalue weighted by Gasteiger charge is 2.14. The molecule has 0 aliphatic carbocycles. The largest absolute Gasteiger partial charge is 0.358 e. The van der Waals surface area contributed by atoms with Gasteiger partial charge in [0.2, 0.25) is 5.91 Å². The second kappa shape index (κ2) is 7.27. The Bertz CT molecular complexity index is 863. The second-order valence-corrected chi connectivity index (χ2v) is 5.82. The molecule has 1 amide bonds. The van der Waals surface area contributed by atoms with Crippen LogP contribution in [0.3, 0.4) is 0 Å². The number of carbonyl (C=O) groups is 1. The predicted molar refractivity (Wildman–Crippen MR) is 95.9 cm³/mol. The topological polar surface area (TPSA) is 66.9 Å². The molecule has 122 valence electrons. The van der Waals surface area contributed by atoms with Crippen molar-refractivity contribution >= 4 is 34.2 Å². The van der Waals surface area contributed by atoms with E-state index in [0.717, 1.165) is 16.5 Å². The number of fused-ring (bicyclic) bond motifs is 1. The highest BCUT2D eigenvalue weighted by molar-refractivity contribution is 6.31. The number of nitrogens with one attached hydrogen (secondary N) is 2. The molecule has 1 heterocycles. The van der Waals surface area contributed by atoms with Crippen molar-refractivity contribution in [2.45, 2.75) is 19.5 Å². The van der Waals surface area contributed by atoms with E-state index in [1.807, 2.05) is 42.5 Å². The summed E-state index contributed by atoms with van der Waals surface area (Å²) in [5.74, 6) is 0.513. The maximum atomic E-state index is 12.3. The van der Waals surface area contributed by atoms with Crippen LogP contribution in [-0.2, 0) is 11.3 Å². The van der Waals surface area contributed by atoms with Gasteiger partial charge in [-0.3, -0.25) is 4.79 Å². The first-order chi connectivity index (χ1) is 11.6. The van der Waals surface area contributed by atoms with Gasteiger partial charge >= 0.3 is 0 Å². The Kier molecular flexibility index (Phi) is 4.91. The quantitative estimate of drug-likeness (QED) is 0.747. The molecule has 6 heteroatoms. The summed E-state index contributed by atoms with van der Waals surface area (Å²) in [7, 11) is 0. The molecule has 0 bridgehead atoms. The lowest BCUT2D eigenvalue weighted by Crippen LogP contribution is -2.37. The Morgan fingerprint density at radius 3 is 2.71 bits per heavy atom. The highest BCUT2D eigenvalue weighted by atomic mass is 35.5. The molecular formula is C18H17ClN4O. The maximum absolute atomic E-state index is 12.3. The normalized spacial score (nSPS) is 11.9. The fourth-order valence-electron chi connectivity index (χ4n) is 2.37. The van der Waals surface area contributed by atoms with Gasteiger partial charge in [0.1, 0.15) is 18.2 Å². The first-order valence-electron chi connectivity index (χ1n) is 7.62. The summed E-state index contributed by atoms with van der Waals surface area (Å²) in [6.45, 7) is 2.17. The predicted octanol–water partition coefficient (Wildman–Crippen LogP) is 3.40. The number of carbonyl (C=O) groups excluding carboxylic acids is 1. The van der Waals surface area contributed by atoms with Crippen molar-refractivity contribution in [1.29, 1.82) is 0 Å². The molecule has 0 aliphatic rings. The molecule has 0 radical (unpaired) electrons. The molecule has 2 N–H and O–H groups in total. The van der Waals surface area contributed by atoms with Gasteiger partial charge in [-0.05, 0) is 30.7 Å². The molecule has 5 nitrogen and oxygen atoms in total. The first kappa shape index (κ1) is 16.2. The van der Waals surface area contributed by atoms with Crippen molar-refractivity contribution in [3.05, 3.63) is 65.4 Å². The number of anilines is 1. The second-order valence-electron chi connectivity index (χ2n) is 5.41. The van der Waals surface area contributed by atoms with Crippen molar-refractivity contribution in [3.63, 3.8) is 0 Å². The summed E-state index contributed by atoms with van der Waals surface area (Å²) < 4.78 is 0. The lowest BCUT2D eigenvalue weighted by Gasteiger charge is -2.16. The number of benzene rings is 2. The van der Waals surface area contributed by atoms with Gasteiger partial charge < -0.3 is 10.6 Å². The lowest BCUT2D eigenvalue weighted by atomic mass is 10.2. The molecule has 0 saturated heterocycles. The van der Waals surface area contributed by atoms with Gasteiger partial charge in [-0.1, -0.05) is 41.9 Å². The Morgan fingerprint density at radius 1 is 1.12 bits per heavy atom. The van der Waals surface area contributed by atoms with Crippen molar-refractivity contribution in [3.8, 4) is 0 Å². The summed E-state index contributed by atoms with van der Waals surface area (Å²) in [5.41, 5.74) is 1.71. The summed E-state index contributed by atoms with van der Waals surface area (Å²) in [4.78, 5) is 20.8. The minimum atomic E-state index is -0.439. The molecule has 0 fully saturated rings. The Morgan fingerprint density at radius 2 is 1.88 bits per heavy atom. The van der Waals surface area contributed by atoms with E-state index in [9.17, 15) is 4.79 Å². The molecule has 0 spiro atoms.